The topological polar surface area (TPSA) is 30.0 Å². The third-order valence-corrected chi connectivity index (χ3v) is 3.23. The van der Waals surface area contributed by atoms with Crippen molar-refractivity contribution in [3.8, 4) is 0 Å². The Bertz CT molecular complexity index is 412. The standard InChI is InChI=1S/C12H14ClNO/c1-12(2)7-3-4-9-8(11(12)15)5-6-10(13)14-9/h5-6H,3-4,7H2,1-2H3. The van der Waals surface area contributed by atoms with Crippen LogP contribution in [0.25, 0.3) is 0 Å². The number of aromatic nitrogens is 1. The molecule has 0 atom stereocenters. The number of carbonyl (C=O) groups is 1. The molecule has 0 aromatic carbocycles. The number of Topliss-reactive ketones (excluding diaryl/α,β-unsaturated/α-hetero) is 1. The third-order valence-electron chi connectivity index (χ3n) is 3.01. The van der Waals surface area contributed by atoms with Crippen LogP contribution in [0.5, 0.6) is 0 Å². The molecule has 1 aromatic heterocycles. The molecule has 0 saturated heterocycles. The first-order chi connectivity index (χ1) is 7.00. The lowest BCUT2D eigenvalue weighted by Gasteiger charge is -2.20. The molecule has 0 amide bonds. The fourth-order valence-electron chi connectivity index (χ4n) is 2.05. The van der Waals surface area contributed by atoms with Crippen molar-refractivity contribution in [2.75, 3.05) is 0 Å². The van der Waals surface area contributed by atoms with E-state index in [0.29, 0.717) is 5.15 Å². The van der Waals surface area contributed by atoms with Gasteiger partial charge in [-0.25, -0.2) is 4.98 Å². The molecule has 0 N–H and O–H groups in total. The first-order valence-electron chi connectivity index (χ1n) is 5.21. The number of hydrogen-bond acceptors (Lipinski definition) is 2. The zero-order chi connectivity index (χ0) is 11.1. The minimum atomic E-state index is -0.263. The van der Waals surface area contributed by atoms with E-state index in [-0.39, 0.29) is 11.2 Å². The highest BCUT2D eigenvalue weighted by atomic mass is 35.5. The maximum Gasteiger partial charge on any atom is 0.170 e. The Labute approximate surface area is 94.7 Å². The predicted octanol–water partition coefficient (Wildman–Crippen LogP) is 3.28. The summed E-state index contributed by atoms with van der Waals surface area (Å²) in [5.74, 6) is 0.194. The highest BCUT2D eigenvalue weighted by molar-refractivity contribution is 6.29. The van der Waals surface area contributed by atoms with Gasteiger partial charge in [-0.05, 0) is 31.4 Å². The Hall–Kier alpha value is -0.890. The summed E-state index contributed by atoms with van der Waals surface area (Å²) in [4.78, 5) is 16.4. The van der Waals surface area contributed by atoms with Crippen LogP contribution in [0.3, 0.4) is 0 Å². The van der Waals surface area contributed by atoms with Crippen LogP contribution in [0.1, 0.15) is 42.7 Å². The average Bonchev–Trinajstić information content (AvgIpc) is 2.26. The maximum atomic E-state index is 12.2. The number of fused-ring (bicyclic) bond motifs is 1. The zero-order valence-corrected chi connectivity index (χ0v) is 9.77. The third kappa shape index (κ3) is 1.91. The van der Waals surface area contributed by atoms with E-state index in [1.165, 1.54) is 0 Å². The van der Waals surface area contributed by atoms with Crippen molar-refractivity contribution in [1.29, 1.82) is 0 Å². The van der Waals surface area contributed by atoms with Gasteiger partial charge < -0.3 is 0 Å². The Morgan fingerprint density at radius 1 is 1.40 bits per heavy atom. The fourth-order valence-corrected chi connectivity index (χ4v) is 2.21. The Balaban J connectivity index is 2.52. The monoisotopic (exact) mass is 223 g/mol. The fraction of sp³-hybridized carbons (Fsp3) is 0.500. The summed E-state index contributed by atoms with van der Waals surface area (Å²) in [6, 6.07) is 3.50. The van der Waals surface area contributed by atoms with Gasteiger partial charge in [0.2, 0.25) is 0 Å². The molecule has 0 spiro atoms. The number of rotatable bonds is 0. The molecule has 2 nitrogen and oxygen atoms in total. The molecule has 3 heteroatoms. The molecule has 0 bridgehead atoms. The molecule has 15 heavy (non-hydrogen) atoms. The van der Waals surface area contributed by atoms with Crippen LogP contribution in [0, 0.1) is 5.41 Å². The first-order valence-corrected chi connectivity index (χ1v) is 5.59. The Kier molecular flexibility index (Phi) is 2.55. The van der Waals surface area contributed by atoms with Gasteiger partial charge in [-0.3, -0.25) is 4.79 Å². The van der Waals surface area contributed by atoms with Gasteiger partial charge in [0.1, 0.15) is 5.15 Å². The molecular formula is C12H14ClNO. The van der Waals surface area contributed by atoms with Crippen LogP contribution < -0.4 is 0 Å². The second-order valence-electron chi connectivity index (χ2n) is 4.69. The minimum absolute atomic E-state index is 0.194. The maximum absolute atomic E-state index is 12.2. The molecule has 80 valence electrons. The van der Waals surface area contributed by atoms with Gasteiger partial charge in [-0.15, -0.1) is 0 Å². The van der Waals surface area contributed by atoms with Crippen LogP contribution in [0.4, 0.5) is 0 Å². The molecule has 1 heterocycles. The number of hydrogen-bond donors (Lipinski definition) is 0. The zero-order valence-electron chi connectivity index (χ0n) is 9.01. The Morgan fingerprint density at radius 3 is 2.87 bits per heavy atom. The molecule has 1 aromatic rings. The summed E-state index contributed by atoms with van der Waals surface area (Å²) in [5.41, 5.74) is 1.35. The van der Waals surface area contributed by atoms with Crippen molar-refractivity contribution < 1.29 is 4.79 Å². The number of aryl methyl sites for hydroxylation is 1. The van der Waals surface area contributed by atoms with Crippen molar-refractivity contribution >= 4 is 17.4 Å². The SMILES string of the molecule is CC1(C)CCCc2nc(Cl)ccc2C1=O. The second-order valence-corrected chi connectivity index (χ2v) is 5.08. The summed E-state index contributed by atoms with van der Waals surface area (Å²) in [6.07, 6.45) is 2.77. The van der Waals surface area contributed by atoms with Gasteiger partial charge in [0.05, 0.1) is 5.69 Å². The van der Waals surface area contributed by atoms with E-state index in [1.807, 2.05) is 13.8 Å². The molecule has 0 unspecified atom stereocenters. The highest BCUT2D eigenvalue weighted by Gasteiger charge is 2.32. The number of pyridine rings is 1. The smallest absolute Gasteiger partial charge is 0.170 e. The van der Waals surface area contributed by atoms with Crippen molar-refractivity contribution in [2.45, 2.75) is 33.1 Å². The molecule has 1 aliphatic rings. The summed E-state index contributed by atoms with van der Waals surface area (Å²) < 4.78 is 0. The minimum Gasteiger partial charge on any atom is -0.294 e. The molecule has 1 aliphatic carbocycles. The number of halogens is 1. The van der Waals surface area contributed by atoms with Crippen LogP contribution in [0.2, 0.25) is 5.15 Å². The van der Waals surface area contributed by atoms with Gasteiger partial charge in [-0.2, -0.15) is 0 Å². The van der Waals surface area contributed by atoms with Gasteiger partial charge in [-0.1, -0.05) is 25.4 Å². The summed E-state index contributed by atoms with van der Waals surface area (Å²) in [5, 5.41) is 0.473. The molecule has 0 radical (unpaired) electrons. The van der Waals surface area contributed by atoms with Gasteiger partial charge >= 0.3 is 0 Å². The second kappa shape index (κ2) is 3.60. The van der Waals surface area contributed by atoms with Gasteiger partial charge in [0.15, 0.2) is 5.78 Å². The van der Waals surface area contributed by atoms with Gasteiger partial charge in [0.25, 0.3) is 0 Å². The lowest BCUT2D eigenvalue weighted by atomic mass is 9.82. The van der Waals surface area contributed by atoms with Gasteiger partial charge in [0, 0.05) is 11.0 Å². The quantitative estimate of drug-likeness (QED) is 0.499. The van der Waals surface area contributed by atoms with E-state index in [1.54, 1.807) is 12.1 Å². The molecule has 2 rings (SSSR count). The van der Waals surface area contributed by atoms with Crippen LogP contribution in [-0.2, 0) is 6.42 Å². The summed E-state index contributed by atoms with van der Waals surface area (Å²) in [7, 11) is 0. The predicted molar refractivity (Wildman–Crippen MR) is 60.3 cm³/mol. The molecule has 0 saturated carbocycles. The number of carbonyl (C=O) groups excluding carboxylic acids is 1. The number of ketones is 1. The lowest BCUT2D eigenvalue weighted by Crippen LogP contribution is -2.23. The number of nitrogens with zero attached hydrogens (tertiary/aromatic N) is 1. The Morgan fingerprint density at radius 2 is 2.13 bits per heavy atom. The van der Waals surface area contributed by atoms with E-state index in [9.17, 15) is 4.79 Å². The average molecular weight is 224 g/mol. The molecule has 0 fully saturated rings. The molecular weight excluding hydrogens is 210 g/mol. The van der Waals surface area contributed by atoms with E-state index in [4.69, 9.17) is 11.6 Å². The van der Waals surface area contributed by atoms with Crippen molar-refractivity contribution in [3.63, 3.8) is 0 Å². The summed E-state index contributed by atoms with van der Waals surface area (Å²) in [6.45, 7) is 4.00. The highest BCUT2D eigenvalue weighted by Crippen LogP contribution is 2.33. The largest absolute Gasteiger partial charge is 0.294 e. The van der Waals surface area contributed by atoms with Crippen LogP contribution in [0.15, 0.2) is 12.1 Å². The molecule has 0 aliphatic heterocycles. The van der Waals surface area contributed by atoms with Crippen LogP contribution in [-0.4, -0.2) is 10.8 Å². The normalized spacial score (nSPS) is 19.5. The van der Waals surface area contributed by atoms with Crippen LogP contribution >= 0.6 is 11.6 Å². The van der Waals surface area contributed by atoms with Crippen molar-refractivity contribution in [1.82, 2.24) is 4.98 Å². The van der Waals surface area contributed by atoms with Crippen molar-refractivity contribution in [2.24, 2.45) is 5.41 Å². The van der Waals surface area contributed by atoms with Crippen molar-refractivity contribution in [3.05, 3.63) is 28.5 Å². The summed E-state index contributed by atoms with van der Waals surface area (Å²) >= 11 is 5.83. The van der Waals surface area contributed by atoms with E-state index >= 15 is 0 Å². The lowest BCUT2D eigenvalue weighted by molar-refractivity contribution is 0.0830. The van der Waals surface area contributed by atoms with E-state index in [2.05, 4.69) is 4.98 Å². The first kappa shape index (κ1) is 10.6. The van der Waals surface area contributed by atoms with E-state index in [0.717, 1.165) is 30.5 Å². The van der Waals surface area contributed by atoms with E-state index < -0.39 is 0 Å².